The minimum Gasteiger partial charge on any atom is -0.351 e. The monoisotopic (exact) mass is 298 g/mol. The Morgan fingerprint density at radius 3 is 1.95 bits per heavy atom. The normalized spacial score (nSPS) is 13.9. The minimum absolute atomic E-state index is 0.120. The molecular formula is C18H38N2O. The maximum absolute atomic E-state index is 11.9. The molecule has 0 aromatic rings. The number of rotatable bonds is 14. The van der Waals surface area contributed by atoms with E-state index >= 15 is 0 Å². The number of nitrogens with one attached hydrogen (secondary N) is 1. The summed E-state index contributed by atoms with van der Waals surface area (Å²) in [4.78, 5) is 11.9. The Bertz CT molecular complexity index is 256. The van der Waals surface area contributed by atoms with Crippen LogP contribution in [-0.2, 0) is 4.79 Å². The van der Waals surface area contributed by atoms with Gasteiger partial charge >= 0.3 is 0 Å². The zero-order chi connectivity index (χ0) is 16.0. The van der Waals surface area contributed by atoms with E-state index in [1.54, 1.807) is 0 Å². The molecular weight excluding hydrogens is 260 g/mol. The van der Waals surface area contributed by atoms with Crippen LogP contribution in [0.5, 0.6) is 0 Å². The zero-order valence-electron chi connectivity index (χ0n) is 14.7. The van der Waals surface area contributed by atoms with Crippen molar-refractivity contribution in [2.75, 3.05) is 6.54 Å². The zero-order valence-corrected chi connectivity index (χ0v) is 14.7. The van der Waals surface area contributed by atoms with Crippen molar-refractivity contribution >= 4 is 5.91 Å². The number of amides is 1. The lowest BCUT2D eigenvalue weighted by molar-refractivity contribution is -0.123. The van der Waals surface area contributed by atoms with E-state index in [4.69, 9.17) is 5.73 Å². The molecule has 0 bridgehead atoms. The predicted octanol–water partition coefficient (Wildman–Crippen LogP) is 4.54. The highest BCUT2D eigenvalue weighted by Gasteiger charge is 2.22. The summed E-state index contributed by atoms with van der Waals surface area (Å²) in [6, 6.07) is 0. The quantitative estimate of drug-likeness (QED) is 0.462. The molecule has 1 amide bonds. The lowest BCUT2D eigenvalue weighted by Crippen LogP contribution is -2.46. The summed E-state index contributed by atoms with van der Waals surface area (Å²) in [5.41, 5.74) is 5.49. The molecule has 0 heterocycles. The maximum atomic E-state index is 11.9. The van der Waals surface area contributed by atoms with E-state index in [1.165, 1.54) is 51.4 Å². The van der Waals surface area contributed by atoms with Gasteiger partial charge in [-0.25, -0.2) is 0 Å². The molecule has 0 spiro atoms. The average molecular weight is 299 g/mol. The molecule has 3 N–H and O–H groups in total. The van der Waals surface area contributed by atoms with Crippen LogP contribution in [0.15, 0.2) is 0 Å². The number of carbonyl (C=O) groups excluding carboxylic acids is 1. The van der Waals surface area contributed by atoms with Crippen molar-refractivity contribution in [3.05, 3.63) is 0 Å². The second kappa shape index (κ2) is 13.1. The Balaban J connectivity index is 3.53. The van der Waals surface area contributed by atoms with E-state index in [-0.39, 0.29) is 11.4 Å². The van der Waals surface area contributed by atoms with Gasteiger partial charge in [-0.05, 0) is 32.7 Å². The van der Waals surface area contributed by atoms with Crippen molar-refractivity contribution in [3.8, 4) is 0 Å². The van der Waals surface area contributed by atoms with E-state index in [9.17, 15) is 4.79 Å². The number of hydrogen-bond acceptors (Lipinski definition) is 2. The Kier molecular flexibility index (Phi) is 12.8. The van der Waals surface area contributed by atoms with Gasteiger partial charge in [0.25, 0.3) is 0 Å². The highest BCUT2D eigenvalue weighted by molar-refractivity contribution is 5.76. The van der Waals surface area contributed by atoms with E-state index in [0.717, 1.165) is 19.3 Å². The smallest absolute Gasteiger partial charge is 0.220 e. The van der Waals surface area contributed by atoms with E-state index < -0.39 is 0 Å². The summed E-state index contributed by atoms with van der Waals surface area (Å²) in [5.74, 6) is 0.191. The minimum atomic E-state index is -0.120. The Morgan fingerprint density at radius 2 is 1.48 bits per heavy atom. The maximum Gasteiger partial charge on any atom is 0.220 e. The van der Waals surface area contributed by atoms with Gasteiger partial charge in [0.2, 0.25) is 5.91 Å². The second-order valence-corrected chi connectivity index (χ2v) is 6.58. The van der Waals surface area contributed by atoms with Gasteiger partial charge in [-0.1, -0.05) is 65.2 Å². The third-order valence-corrected chi connectivity index (χ3v) is 4.43. The van der Waals surface area contributed by atoms with Crippen molar-refractivity contribution in [1.29, 1.82) is 0 Å². The van der Waals surface area contributed by atoms with E-state index in [1.807, 2.05) is 0 Å². The summed E-state index contributed by atoms with van der Waals surface area (Å²) in [5, 5.41) is 3.15. The number of nitrogens with two attached hydrogens (primary N) is 1. The fraction of sp³-hybridized carbons (Fsp3) is 0.944. The summed E-state index contributed by atoms with van der Waals surface area (Å²) in [6.45, 7) is 7.08. The Labute approximate surface area is 132 Å². The third-order valence-electron chi connectivity index (χ3n) is 4.43. The van der Waals surface area contributed by atoms with Crippen LogP contribution in [0, 0.1) is 0 Å². The summed E-state index contributed by atoms with van der Waals surface area (Å²) in [6.07, 6.45) is 14.1. The van der Waals surface area contributed by atoms with Crippen molar-refractivity contribution in [2.45, 2.75) is 103 Å². The molecule has 0 aromatic carbocycles. The van der Waals surface area contributed by atoms with Crippen LogP contribution in [0.3, 0.4) is 0 Å². The van der Waals surface area contributed by atoms with Gasteiger partial charge in [0.15, 0.2) is 0 Å². The molecule has 0 aliphatic heterocycles. The predicted molar refractivity (Wildman–Crippen MR) is 92.4 cm³/mol. The van der Waals surface area contributed by atoms with Gasteiger partial charge in [0, 0.05) is 12.0 Å². The van der Waals surface area contributed by atoms with Gasteiger partial charge in [-0.3, -0.25) is 4.79 Å². The Hall–Kier alpha value is -0.570. The first-order valence-electron chi connectivity index (χ1n) is 9.09. The fourth-order valence-corrected chi connectivity index (χ4v) is 2.64. The van der Waals surface area contributed by atoms with Gasteiger partial charge in [0.05, 0.1) is 0 Å². The van der Waals surface area contributed by atoms with E-state index in [0.29, 0.717) is 13.0 Å². The molecule has 0 aliphatic carbocycles. The van der Waals surface area contributed by atoms with Gasteiger partial charge in [0.1, 0.15) is 0 Å². The second-order valence-electron chi connectivity index (χ2n) is 6.58. The first kappa shape index (κ1) is 20.4. The molecule has 0 radical (unpaired) electrons. The number of unbranched alkanes of at least 4 members (excludes halogenated alkanes) is 8. The van der Waals surface area contributed by atoms with Gasteiger partial charge in [-0.15, -0.1) is 0 Å². The SMILES string of the molecule is CCCCCCCCCCCC(=O)NC(C)(CC)CCN. The molecule has 1 unspecified atom stereocenters. The van der Waals surface area contributed by atoms with Crippen LogP contribution >= 0.6 is 0 Å². The van der Waals surface area contributed by atoms with Gasteiger partial charge < -0.3 is 11.1 Å². The van der Waals surface area contributed by atoms with E-state index in [2.05, 4.69) is 26.1 Å². The Morgan fingerprint density at radius 1 is 0.952 bits per heavy atom. The summed E-state index contributed by atoms with van der Waals surface area (Å²) < 4.78 is 0. The highest BCUT2D eigenvalue weighted by atomic mass is 16.1. The van der Waals surface area contributed by atoms with Gasteiger partial charge in [-0.2, -0.15) is 0 Å². The molecule has 126 valence electrons. The largest absolute Gasteiger partial charge is 0.351 e. The topological polar surface area (TPSA) is 55.1 Å². The summed E-state index contributed by atoms with van der Waals surface area (Å²) in [7, 11) is 0. The van der Waals surface area contributed by atoms with Crippen LogP contribution in [0.1, 0.15) is 97.8 Å². The number of hydrogen-bond donors (Lipinski definition) is 2. The lowest BCUT2D eigenvalue weighted by Gasteiger charge is -2.29. The molecule has 3 nitrogen and oxygen atoms in total. The molecule has 21 heavy (non-hydrogen) atoms. The molecule has 0 rings (SSSR count). The highest BCUT2D eigenvalue weighted by Crippen LogP contribution is 2.15. The summed E-state index contributed by atoms with van der Waals surface area (Å²) >= 11 is 0. The molecule has 1 atom stereocenters. The van der Waals surface area contributed by atoms with Crippen LogP contribution in [0.2, 0.25) is 0 Å². The molecule has 0 fully saturated rings. The first-order chi connectivity index (χ1) is 10.1. The molecule has 0 aliphatic rings. The van der Waals surface area contributed by atoms with Crippen LogP contribution < -0.4 is 11.1 Å². The standard InChI is InChI=1S/C18H38N2O/c1-4-6-7-8-9-10-11-12-13-14-17(21)20-18(3,5-2)15-16-19/h4-16,19H2,1-3H3,(H,20,21). The first-order valence-corrected chi connectivity index (χ1v) is 9.09. The van der Waals surface area contributed by atoms with Crippen molar-refractivity contribution < 1.29 is 4.79 Å². The van der Waals surface area contributed by atoms with Crippen molar-refractivity contribution in [1.82, 2.24) is 5.32 Å². The van der Waals surface area contributed by atoms with Crippen LogP contribution in [-0.4, -0.2) is 18.0 Å². The van der Waals surface area contributed by atoms with Crippen molar-refractivity contribution in [3.63, 3.8) is 0 Å². The fourth-order valence-electron chi connectivity index (χ4n) is 2.64. The van der Waals surface area contributed by atoms with Crippen LogP contribution in [0.25, 0.3) is 0 Å². The average Bonchev–Trinajstić information content (AvgIpc) is 2.45. The molecule has 0 aromatic heterocycles. The van der Waals surface area contributed by atoms with Crippen molar-refractivity contribution in [2.24, 2.45) is 5.73 Å². The lowest BCUT2D eigenvalue weighted by atomic mass is 9.94. The third kappa shape index (κ3) is 11.7. The molecule has 0 saturated heterocycles. The number of carbonyl (C=O) groups is 1. The van der Waals surface area contributed by atoms with Crippen LogP contribution in [0.4, 0.5) is 0 Å². The molecule has 0 saturated carbocycles. The molecule has 3 heteroatoms.